The van der Waals surface area contributed by atoms with Crippen LogP contribution in [-0.2, 0) is 11.0 Å². The van der Waals surface area contributed by atoms with Crippen LogP contribution in [0.15, 0.2) is 72.8 Å². The lowest BCUT2D eigenvalue weighted by atomic mass is 9.64. The van der Waals surface area contributed by atoms with E-state index >= 15 is 0 Å². The summed E-state index contributed by atoms with van der Waals surface area (Å²) in [5.41, 5.74) is 0.860. The minimum atomic E-state index is -4.54. The van der Waals surface area contributed by atoms with Crippen LogP contribution in [0, 0.1) is 12.3 Å². The minimum Gasteiger partial charge on any atom is -0.352 e. The Bertz CT molecular complexity index is 1480. The predicted molar refractivity (Wildman–Crippen MR) is 133 cm³/mol. The molecule has 3 aromatic carbocycles. The SMILES string of the molecule is CC(=O)[C@@H]1[C@@H](c2ccc(C(F)(F)F)cc2)C2(C(=O)c3ccccc3C2=O)[C@@H]2C=Cc3ccc(C)cc3N12. The molecular weight excluding hydrogens is 479 g/mol. The number of alkyl halides is 3. The number of benzene rings is 3. The number of hydrogen-bond donors (Lipinski definition) is 0. The second-order valence-electron chi connectivity index (χ2n) is 10.00. The van der Waals surface area contributed by atoms with E-state index in [-0.39, 0.29) is 16.9 Å². The number of nitrogens with zero attached hydrogens (tertiary/aromatic N) is 1. The van der Waals surface area contributed by atoms with E-state index in [1.165, 1.54) is 19.1 Å². The summed E-state index contributed by atoms with van der Waals surface area (Å²) in [6, 6.07) is 15.1. The van der Waals surface area contributed by atoms with Crippen molar-refractivity contribution in [1.29, 1.82) is 0 Å². The first kappa shape index (κ1) is 23.4. The van der Waals surface area contributed by atoms with Crippen molar-refractivity contribution < 1.29 is 27.6 Å². The first-order valence-corrected chi connectivity index (χ1v) is 12.0. The van der Waals surface area contributed by atoms with E-state index < -0.39 is 46.7 Å². The van der Waals surface area contributed by atoms with Gasteiger partial charge in [-0.15, -0.1) is 0 Å². The lowest BCUT2D eigenvalue weighted by molar-refractivity contribution is -0.137. The van der Waals surface area contributed by atoms with Crippen molar-refractivity contribution in [2.45, 2.75) is 38.0 Å². The number of fused-ring (bicyclic) bond motifs is 5. The highest BCUT2D eigenvalue weighted by atomic mass is 19.4. The molecule has 2 heterocycles. The maximum Gasteiger partial charge on any atom is 0.416 e. The lowest BCUT2D eigenvalue weighted by Gasteiger charge is -2.37. The fourth-order valence-electron chi connectivity index (χ4n) is 6.48. The maximum atomic E-state index is 14.3. The molecule has 0 saturated carbocycles. The first-order valence-electron chi connectivity index (χ1n) is 12.0. The Morgan fingerprint density at radius 2 is 1.54 bits per heavy atom. The third-order valence-corrected chi connectivity index (χ3v) is 7.98. The summed E-state index contributed by atoms with van der Waals surface area (Å²) in [5.74, 6) is -2.07. The Labute approximate surface area is 211 Å². The molecule has 0 radical (unpaired) electrons. The van der Waals surface area contributed by atoms with Gasteiger partial charge < -0.3 is 4.90 Å². The van der Waals surface area contributed by atoms with Crippen molar-refractivity contribution >= 4 is 29.1 Å². The highest BCUT2D eigenvalue weighted by Gasteiger charge is 2.71. The number of hydrogen-bond acceptors (Lipinski definition) is 4. The number of anilines is 1. The molecule has 1 aliphatic carbocycles. The third kappa shape index (κ3) is 3.06. The summed E-state index contributed by atoms with van der Waals surface area (Å²) in [5, 5.41) is 0. The molecule has 1 saturated heterocycles. The van der Waals surface area contributed by atoms with E-state index in [1.807, 2.05) is 36.1 Å². The Hall–Kier alpha value is -4.00. The molecule has 0 N–H and O–H groups in total. The highest BCUT2D eigenvalue weighted by Crippen LogP contribution is 2.60. The maximum absolute atomic E-state index is 14.3. The summed E-state index contributed by atoms with van der Waals surface area (Å²) >= 11 is 0. The normalized spacial score (nSPS) is 23.3. The Morgan fingerprint density at radius 3 is 2.11 bits per heavy atom. The van der Waals surface area contributed by atoms with Gasteiger partial charge in [0.25, 0.3) is 0 Å². The van der Waals surface area contributed by atoms with Gasteiger partial charge in [-0.3, -0.25) is 14.4 Å². The molecule has 2 aliphatic heterocycles. The number of Topliss-reactive ketones (excluding diaryl/α,β-unsaturated/α-hetero) is 3. The van der Waals surface area contributed by atoms with Gasteiger partial charge in [0.15, 0.2) is 17.3 Å². The number of carbonyl (C=O) groups is 3. The van der Waals surface area contributed by atoms with Gasteiger partial charge in [-0.1, -0.05) is 60.7 Å². The van der Waals surface area contributed by atoms with E-state index in [4.69, 9.17) is 0 Å². The smallest absolute Gasteiger partial charge is 0.352 e. The van der Waals surface area contributed by atoms with Crippen molar-refractivity contribution in [3.63, 3.8) is 0 Å². The third-order valence-electron chi connectivity index (χ3n) is 7.98. The van der Waals surface area contributed by atoms with Gasteiger partial charge >= 0.3 is 6.18 Å². The van der Waals surface area contributed by atoms with E-state index in [9.17, 15) is 27.6 Å². The van der Waals surface area contributed by atoms with Crippen molar-refractivity contribution in [3.05, 3.63) is 106 Å². The molecule has 3 aliphatic rings. The van der Waals surface area contributed by atoms with Crippen LogP contribution in [0.5, 0.6) is 0 Å². The van der Waals surface area contributed by atoms with Gasteiger partial charge in [0.2, 0.25) is 0 Å². The second-order valence-corrected chi connectivity index (χ2v) is 10.00. The lowest BCUT2D eigenvalue weighted by Crippen LogP contribution is -2.48. The molecule has 0 aromatic heterocycles. The van der Waals surface area contributed by atoms with Crippen molar-refractivity contribution in [1.82, 2.24) is 0 Å². The number of aryl methyl sites for hydroxylation is 1. The number of ketones is 3. The Balaban J connectivity index is 1.65. The molecule has 4 nitrogen and oxygen atoms in total. The van der Waals surface area contributed by atoms with E-state index in [1.54, 1.807) is 30.3 Å². The second kappa shape index (κ2) is 7.75. The number of rotatable bonds is 2. The minimum absolute atomic E-state index is 0.272. The predicted octanol–water partition coefficient (Wildman–Crippen LogP) is 6.04. The number of carbonyl (C=O) groups excluding carboxylic acids is 3. The molecule has 186 valence electrons. The van der Waals surface area contributed by atoms with Crippen LogP contribution in [-0.4, -0.2) is 29.4 Å². The van der Waals surface area contributed by atoms with Crippen LogP contribution >= 0.6 is 0 Å². The van der Waals surface area contributed by atoms with Crippen LogP contribution in [0.25, 0.3) is 6.08 Å². The van der Waals surface area contributed by atoms with Crippen LogP contribution < -0.4 is 4.90 Å². The molecule has 1 fully saturated rings. The summed E-state index contributed by atoms with van der Waals surface area (Å²) in [7, 11) is 0. The first-order chi connectivity index (χ1) is 17.6. The van der Waals surface area contributed by atoms with Crippen LogP contribution in [0.1, 0.15) is 55.8 Å². The largest absolute Gasteiger partial charge is 0.416 e. The van der Waals surface area contributed by atoms with Gasteiger partial charge in [-0.05, 0) is 48.7 Å². The summed E-state index contributed by atoms with van der Waals surface area (Å²) in [6.45, 7) is 3.32. The Morgan fingerprint density at radius 1 is 0.919 bits per heavy atom. The van der Waals surface area contributed by atoms with Gasteiger partial charge in [0.1, 0.15) is 5.41 Å². The van der Waals surface area contributed by atoms with Crippen molar-refractivity contribution in [2.24, 2.45) is 5.41 Å². The van der Waals surface area contributed by atoms with E-state index in [2.05, 4.69) is 0 Å². The average molecular weight is 502 g/mol. The summed E-state index contributed by atoms with van der Waals surface area (Å²) in [6.07, 6.45) is -0.898. The molecule has 1 spiro atoms. The summed E-state index contributed by atoms with van der Waals surface area (Å²) in [4.78, 5) is 43.7. The van der Waals surface area contributed by atoms with E-state index in [0.29, 0.717) is 5.56 Å². The molecule has 37 heavy (non-hydrogen) atoms. The van der Waals surface area contributed by atoms with Crippen LogP contribution in [0.2, 0.25) is 0 Å². The monoisotopic (exact) mass is 501 g/mol. The fraction of sp³-hybridized carbons (Fsp3) is 0.233. The van der Waals surface area contributed by atoms with Gasteiger partial charge in [-0.25, -0.2) is 0 Å². The van der Waals surface area contributed by atoms with Crippen molar-refractivity contribution in [3.8, 4) is 0 Å². The van der Waals surface area contributed by atoms with E-state index in [0.717, 1.165) is 28.9 Å². The number of halogens is 3. The standard InChI is InChI=1S/C30H22F3NO3/c1-16-7-8-18-11-14-24-29(27(36)21-5-3-4-6-22(21)28(29)37)25(26(17(2)35)34(24)23(18)15-16)19-9-12-20(13-10-19)30(31,32)33/h3-15,24-26H,1-2H3/t24-,25+,26+/m0/s1. The molecule has 0 amide bonds. The quantitative estimate of drug-likeness (QED) is 0.402. The molecule has 0 unspecified atom stereocenters. The zero-order valence-electron chi connectivity index (χ0n) is 20.0. The zero-order valence-corrected chi connectivity index (χ0v) is 20.0. The highest BCUT2D eigenvalue weighted by molar-refractivity contribution is 6.32. The molecule has 3 atom stereocenters. The zero-order chi connectivity index (χ0) is 26.3. The molecule has 0 bridgehead atoms. The average Bonchev–Trinajstić information content (AvgIpc) is 3.30. The van der Waals surface area contributed by atoms with Crippen LogP contribution in [0.3, 0.4) is 0 Å². The van der Waals surface area contributed by atoms with Gasteiger partial charge in [0.05, 0.1) is 17.6 Å². The summed E-state index contributed by atoms with van der Waals surface area (Å²) < 4.78 is 40.1. The van der Waals surface area contributed by atoms with Gasteiger partial charge in [-0.2, -0.15) is 13.2 Å². The van der Waals surface area contributed by atoms with Gasteiger partial charge in [0, 0.05) is 22.7 Å². The molecule has 6 rings (SSSR count). The van der Waals surface area contributed by atoms with Crippen molar-refractivity contribution in [2.75, 3.05) is 4.90 Å². The fourth-order valence-corrected chi connectivity index (χ4v) is 6.48. The molecular formula is C30H22F3NO3. The molecule has 7 heteroatoms. The Kier molecular flexibility index (Phi) is 4.90. The topological polar surface area (TPSA) is 54.5 Å². The molecule has 3 aromatic rings. The van der Waals surface area contributed by atoms with Crippen LogP contribution in [0.4, 0.5) is 18.9 Å².